The molecule has 2 aromatic carbocycles. The number of nitrogens with zero attached hydrogens (tertiary/aromatic N) is 2. The molecule has 0 spiro atoms. The highest BCUT2D eigenvalue weighted by Gasteiger charge is 2.02. The Balaban J connectivity index is 0.00000242. The molecule has 0 aromatic heterocycles. The van der Waals surface area contributed by atoms with Crippen molar-refractivity contribution in [3.05, 3.63) is 64.7 Å². The van der Waals surface area contributed by atoms with Crippen molar-refractivity contribution in [2.75, 3.05) is 0 Å². The van der Waals surface area contributed by atoms with E-state index in [0.717, 1.165) is 11.1 Å². The van der Waals surface area contributed by atoms with Gasteiger partial charge in [-0.1, -0.05) is 41.9 Å². The van der Waals surface area contributed by atoms with Crippen LogP contribution in [0.15, 0.2) is 58.7 Å². The van der Waals surface area contributed by atoms with Crippen LogP contribution in [0.2, 0.25) is 5.02 Å². The minimum Gasteiger partial charge on any atom is -0.487 e. The van der Waals surface area contributed by atoms with Gasteiger partial charge in [0, 0.05) is 0 Å². The number of guanidine groups is 1. The fourth-order valence-electron chi connectivity index (χ4n) is 1.61. The first-order valence-corrected chi connectivity index (χ1v) is 6.61. The second kappa shape index (κ2) is 8.92. The fraction of sp³-hybridized carbons (Fsp3) is 0.0667. The molecule has 0 unspecified atom stereocenters. The average Bonchev–Trinajstić information content (AvgIpc) is 2.47. The lowest BCUT2D eigenvalue weighted by Gasteiger charge is -2.08. The summed E-state index contributed by atoms with van der Waals surface area (Å²) in [4.78, 5) is 0. The summed E-state index contributed by atoms with van der Waals surface area (Å²) in [6.07, 6.45) is 1.51. The third-order valence-corrected chi connectivity index (χ3v) is 2.87. The number of halogens is 2. The minimum absolute atomic E-state index is 0. The van der Waals surface area contributed by atoms with Crippen molar-refractivity contribution in [1.82, 2.24) is 0 Å². The summed E-state index contributed by atoms with van der Waals surface area (Å²) in [5, 5.41) is 7.73. The van der Waals surface area contributed by atoms with Crippen LogP contribution in [0, 0.1) is 0 Å². The summed E-state index contributed by atoms with van der Waals surface area (Å²) in [7, 11) is 0. The van der Waals surface area contributed by atoms with E-state index < -0.39 is 0 Å². The van der Waals surface area contributed by atoms with E-state index in [-0.39, 0.29) is 18.4 Å². The zero-order valence-corrected chi connectivity index (χ0v) is 13.2. The van der Waals surface area contributed by atoms with Crippen molar-refractivity contribution in [3.63, 3.8) is 0 Å². The highest BCUT2D eigenvalue weighted by Crippen LogP contribution is 2.25. The molecule has 0 aliphatic carbocycles. The largest absolute Gasteiger partial charge is 0.487 e. The smallest absolute Gasteiger partial charge is 0.211 e. The predicted molar refractivity (Wildman–Crippen MR) is 92.9 cm³/mol. The van der Waals surface area contributed by atoms with Crippen LogP contribution >= 0.6 is 24.0 Å². The van der Waals surface area contributed by atoms with Gasteiger partial charge in [-0.15, -0.1) is 17.5 Å². The van der Waals surface area contributed by atoms with Crippen molar-refractivity contribution >= 4 is 36.2 Å². The third kappa shape index (κ3) is 5.63. The molecule has 5 nitrogen and oxygen atoms in total. The van der Waals surface area contributed by atoms with E-state index in [4.69, 9.17) is 27.8 Å². The Hall–Kier alpha value is -2.24. The molecule has 0 saturated carbocycles. The van der Waals surface area contributed by atoms with Crippen LogP contribution in [0.1, 0.15) is 11.1 Å². The molecule has 22 heavy (non-hydrogen) atoms. The maximum atomic E-state index is 6.17. The quantitative estimate of drug-likeness (QED) is 0.499. The second-order valence-corrected chi connectivity index (χ2v) is 4.64. The van der Waals surface area contributed by atoms with E-state index >= 15 is 0 Å². The predicted octanol–water partition coefficient (Wildman–Crippen LogP) is 2.95. The number of ether oxygens (including phenoxy) is 1. The van der Waals surface area contributed by atoms with Crippen LogP contribution in [0.25, 0.3) is 0 Å². The third-order valence-electron chi connectivity index (χ3n) is 2.57. The van der Waals surface area contributed by atoms with Crippen molar-refractivity contribution in [2.45, 2.75) is 6.61 Å². The summed E-state index contributed by atoms with van der Waals surface area (Å²) < 4.78 is 5.68. The summed E-state index contributed by atoms with van der Waals surface area (Å²) in [5.74, 6) is 0.514. The van der Waals surface area contributed by atoms with E-state index in [1.807, 2.05) is 36.4 Å². The molecular formula is C15H16Cl2N4O. The van der Waals surface area contributed by atoms with Crippen molar-refractivity contribution in [3.8, 4) is 5.75 Å². The first kappa shape index (κ1) is 17.8. The standard InChI is InChI=1S/C15H15ClN4O.ClH/c16-13-8-12(9-19-20-15(17)18)6-7-14(13)21-10-11-4-2-1-3-5-11;/h1-9H,10H2,(H4,17,18,20);1H/b19-9+;. The van der Waals surface area contributed by atoms with Crippen LogP contribution in [0.4, 0.5) is 0 Å². The normalized spacial score (nSPS) is 10.0. The van der Waals surface area contributed by atoms with Gasteiger partial charge in [0.25, 0.3) is 0 Å². The maximum Gasteiger partial charge on any atom is 0.211 e. The second-order valence-electron chi connectivity index (χ2n) is 4.23. The summed E-state index contributed by atoms with van der Waals surface area (Å²) in [6, 6.07) is 15.2. The fourth-order valence-corrected chi connectivity index (χ4v) is 1.86. The van der Waals surface area contributed by atoms with Crippen LogP contribution in [-0.2, 0) is 6.61 Å². The zero-order valence-electron chi connectivity index (χ0n) is 11.6. The molecule has 0 fully saturated rings. The van der Waals surface area contributed by atoms with Gasteiger partial charge in [-0.2, -0.15) is 5.10 Å². The lowest BCUT2D eigenvalue weighted by atomic mass is 10.2. The first-order chi connectivity index (χ1) is 10.1. The van der Waals surface area contributed by atoms with Crippen LogP contribution < -0.4 is 16.2 Å². The molecule has 0 aliphatic rings. The van der Waals surface area contributed by atoms with Crippen LogP contribution in [0.3, 0.4) is 0 Å². The number of rotatable bonds is 5. The van der Waals surface area contributed by atoms with E-state index in [9.17, 15) is 0 Å². The summed E-state index contributed by atoms with van der Waals surface area (Å²) in [6.45, 7) is 0.460. The minimum atomic E-state index is -0.0971. The highest BCUT2D eigenvalue weighted by molar-refractivity contribution is 6.32. The molecule has 0 amide bonds. The number of hydrogen-bond acceptors (Lipinski definition) is 3. The van der Waals surface area contributed by atoms with Crippen molar-refractivity contribution in [2.24, 2.45) is 21.7 Å². The SMILES string of the molecule is Cl.NC(N)=N/N=C/c1ccc(OCc2ccccc2)c(Cl)c1. The van der Waals surface area contributed by atoms with Crippen LogP contribution in [-0.4, -0.2) is 12.2 Å². The molecule has 0 atom stereocenters. The molecule has 0 saturated heterocycles. The Kier molecular flexibility index (Phi) is 7.22. The van der Waals surface area contributed by atoms with Crippen molar-refractivity contribution < 1.29 is 4.74 Å². The van der Waals surface area contributed by atoms with Crippen LogP contribution in [0.5, 0.6) is 5.75 Å². The lowest BCUT2D eigenvalue weighted by molar-refractivity contribution is 0.306. The molecule has 0 aliphatic heterocycles. The molecule has 0 radical (unpaired) electrons. The average molecular weight is 339 g/mol. The molecular weight excluding hydrogens is 323 g/mol. The van der Waals surface area contributed by atoms with E-state index in [1.165, 1.54) is 6.21 Å². The van der Waals surface area contributed by atoms with E-state index in [0.29, 0.717) is 17.4 Å². The maximum absolute atomic E-state index is 6.17. The van der Waals surface area contributed by atoms with E-state index in [1.54, 1.807) is 12.1 Å². The topological polar surface area (TPSA) is 86.0 Å². The van der Waals surface area contributed by atoms with E-state index in [2.05, 4.69) is 10.2 Å². The molecule has 0 bridgehead atoms. The Bertz CT molecular complexity index is 656. The Labute approximate surface area is 140 Å². The van der Waals surface area contributed by atoms with Gasteiger partial charge in [-0.25, -0.2) is 0 Å². The number of benzene rings is 2. The van der Waals surface area contributed by atoms with Gasteiger partial charge in [-0.05, 0) is 29.3 Å². The monoisotopic (exact) mass is 338 g/mol. The van der Waals surface area contributed by atoms with Gasteiger partial charge in [-0.3, -0.25) is 0 Å². The van der Waals surface area contributed by atoms with Gasteiger partial charge >= 0.3 is 0 Å². The Morgan fingerprint density at radius 3 is 2.50 bits per heavy atom. The van der Waals surface area contributed by atoms with Crippen molar-refractivity contribution in [1.29, 1.82) is 0 Å². The molecule has 2 rings (SSSR count). The number of nitrogens with two attached hydrogens (primary N) is 2. The first-order valence-electron chi connectivity index (χ1n) is 6.23. The van der Waals surface area contributed by atoms with Gasteiger partial charge < -0.3 is 16.2 Å². The highest BCUT2D eigenvalue weighted by atomic mass is 35.5. The van der Waals surface area contributed by atoms with Gasteiger partial charge in [0.1, 0.15) is 12.4 Å². The molecule has 7 heteroatoms. The lowest BCUT2D eigenvalue weighted by Crippen LogP contribution is -2.21. The van der Waals surface area contributed by atoms with Gasteiger partial charge in [0.15, 0.2) is 0 Å². The van der Waals surface area contributed by atoms with Gasteiger partial charge in [0.05, 0.1) is 11.2 Å². The summed E-state index contributed by atoms with van der Waals surface area (Å²) in [5.41, 5.74) is 12.2. The summed E-state index contributed by atoms with van der Waals surface area (Å²) >= 11 is 6.17. The van der Waals surface area contributed by atoms with Gasteiger partial charge in [0.2, 0.25) is 5.96 Å². The molecule has 4 N–H and O–H groups in total. The molecule has 0 heterocycles. The number of hydrogen-bond donors (Lipinski definition) is 2. The zero-order chi connectivity index (χ0) is 15.1. The molecule has 2 aromatic rings. The Morgan fingerprint density at radius 2 is 1.86 bits per heavy atom. The molecule has 116 valence electrons. The Morgan fingerprint density at radius 1 is 1.14 bits per heavy atom.